The first-order chi connectivity index (χ1) is 17.1. The van der Waals surface area contributed by atoms with Crippen LogP contribution in [0.4, 0.5) is 0 Å². The molecule has 0 radical (unpaired) electrons. The lowest BCUT2D eigenvalue weighted by Crippen LogP contribution is -2.18. The number of pyridine rings is 2. The maximum absolute atomic E-state index is 12.5. The molecule has 0 aliphatic rings. The molecule has 6 heterocycles. The molecule has 0 bridgehead atoms. The van der Waals surface area contributed by atoms with Crippen LogP contribution in [0.15, 0.2) is 65.1 Å². The predicted molar refractivity (Wildman–Crippen MR) is 131 cm³/mol. The van der Waals surface area contributed by atoms with Gasteiger partial charge < -0.3 is 9.40 Å². The molecular weight excluding hydrogens is 506 g/mol. The average molecular weight is 524 g/mol. The number of aromatic amines is 2. The van der Waals surface area contributed by atoms with Gasteiger partial charge in [0, 0.05) is 34.4 Å². The van der Waals surface area contributed by atoms with Gasteiger partial charge in [0.15, 0.2) is 0 Å². The number of furan rings is 1. The number of fused-ring (bicyclic) bond motifs is 2. The van der Waals surface area contributed by atoms with E-state index in [0.29, 0.717) is 26.3 Å². The van der Waals surface area contributed by atoms with Crippen molar-refractivity contribution in [1.82, 2.24) is 34.1 Å². The molecule has 182 valence electrons. The Morgan fingerprint density at radius 1 is 0.944 bits per heavy atom. The largest absolute Gasteiger partial charge is 0.472 e. The van der Waals surface area contributed by atoms with Gasteiger partial charge in [-0.2, -0.15) is 5.10 Å². The maximum atomic E-state index is 12.5. The van der Waals surface area contributed by atoms with E-state index in [1.807, 2.05) is 12.1 Å². The minimum atomic E-state index is -4.01. The molecule has 0 amide bonds. The monoisotopic (exact) mass is 523 g/mol. The summed E-state index contributed by atoms with van der Waals surface area (Å²) in [6.07, 6.45) is 11.2. The number of hydrogen-bond acceptors (Lipinski definition) is 9. The fraction of sp³-hybridized carbons (Fsp3) is 0.0909. The van der Waals surface area contributed by atoms with Crippen LogP contribution in [0.25, 0.3) is 55.7 Å². The minimum Gasteiger partial charge on any atom is -0.472 e. The predicted octanol–water partition coefficient (Wildman–Crippen LogP) is 2.84. The molecule has 2 N–H and O–H groups in total. The van der Waals surface area contributed by atoms with Crippen molar-refractivity contribution in [1.29, 1.82) is 0 Å². The summed E-state index contributed by atoms with van der Waals surface area (Å²) in [5.41, 5.74) is 4.67. The summed E-state index contributed by atoms with van der Waals surface area (Å²) in [6.45, 7) is 0. The van der Waals surface area contributed by atoms with Crippen molar-refractivity contribution in [3.05, 3.63) is 55.5 Å². The summed E-state index contributed by atoms with van der Waals surface area (Å²) < 4.78 is 55.2. The average Bonchev–Trinajstić information content (AvgIpc) is 3.61. The van der Waals surface area contributed by atoms with Crippen LogP contribution in [0.5, 0.6) is 0 Å². The first kappa shape index (κ1) is 22.2. The first-order valence-electron chi connectivity index (χ1n) is 10.4. The molecule has 0 spiro atoms. The van der Waals surface area contributed by atoms with Gasteiger partial charge in [-0.25, -0.2) is 25.8 Å². The van der Waals surface area contributed by atoms with Gasteiger partial charge >= 0.3 is 0 Å². The number of H-pyrrole nitrogens is 2. The molecule has 12 nitrogen and oxygen atoms in total. The van der Waals surface area contributed by atoms with Crippen LogP contribution >= 0.6 is 0 Å². The number of sulfone groups is 1. The number of rotatable bonds is 5. The van der Waals surface area contributed by atoms with Crippen LogP contribution < -0.4 is 0 Å². The Bertz CT molecular complexity index is 2000. The van der Waals surface area contributed by atoms with Gasteiger partial charge in [-0.3, -0.25) is 15.1 Å². The lowest BCUT2D eigenvalue weighted by Gasteiger charge is -2.08. The summed E-state index contributed by atoms with van der Waals surface area (Å²) in [6, 6.07) is 5.43. The van der Waals surface area contributed by atoms with Gasteiger partial charge in [0.05, 0.1) is 59.8 Å². The standard InChI is InChI=1S/C22H17N7O5S2/c1-35(30,31)22-25-10-20(29(22)36(2,32)33)16-6-14-19(9-24-16)27-28-21(14)17-5-13-15(12-3-4-34-11-12)7-23-8-18(13)26-17/h3-11,26H,1-2H3,(H,27,28). The SMILES string of the molecule is CS(=O)(=O)c1ncc(-c2cc3c(-c4cc5c(-c6ccoc6)cncc5[nH]4)n[nH]c3cn2)n1S(C)(=O)=O. The van der Waals surface area contributed by atoms with Crippen LogP contribution in [-0.4, -0.2) is 63.5 Å². The molecule has 36 heavy (non-hydrogen) atoms. The van der Waals surface area contributed by atoms with Crippen LogP contribution in [0.2, 0.25) is 0 Å². The summed E-state index contributed by atoms with van der Waals surface area (Å²) >= 11 is 0. The van der Waals surface area contributed by atoms with E-state index < -0.39 is 25.0 Å². The molecule has 6 rings (SSSR count). The summed E-state index contributed by atoms with van der Waals surface area (Å²) in [5.74, 6) is 0. The Morgan fingerprint density at radius 3 is 2.50 bits per heavy atom. The number of nitrogens with zero attached hydrogens (tertiary/aromatic N) is 5. The number of nitrogens with one attached hydrogen (secondary N) is 2. The molecule has 0 fully saturated rings. The lowest BCUT2D eigenvalue weighted by molar-refractivity contribution is 0.568. The van der Waals surface area contributed by atoms with Crippen molar-refractivity contribution in [3.63, 3.8) is 0 Å². The van der Waals surface area contributed by atoms with Gasteiger partial charge in [0.2, 0.25) is 25.0 Å². The summed E-state index contributed by atoms with van der Waals surface area (Å²) in [7, 11) is -7.92. The van der Waals surface area contributed by atoms with Crippen molar-refractivity contribution in [2.75, 3.05) is 12.5 Å². The Hall–Kier alpha value is -4.30. The normalized spacial score (nSPS) is 12.6. The third-order valence-electron chi connectivity index (χ3n) is 5.70. The second-order valence-electron chi connectivity index (χ2n) is 8.26. The van der Waals surface area contributed by atoms with E-state index in [2.05, 4.69) is 30.1 Å². The zero-order valence-electron chi connectivity index (χ0n) is 18.8. The quantitative estimate of drug-likeness (QED) is 0.345. The maximum Gasteiger partial charge on any atom is 0.241 e. The van der Waals surface area contributed by atoms with Crippen molar-refractivity contribution < 1.29 is 21.3 Å². The third kappa shape index (κ3) is 3.49. The molecule has 0 aromatic carbocycles. The van der Waals surface area contributed by atoms with Gasteiger partial charge in [-0.15, -0.1) is 0 Å². The second-order valence-corrected chi connectivity index (χ2v) is 12.0. The third-order valence-corrected chi connectivity index (χ3v) is 7.80. The van der Waals surface area contributed by atoms with E-state index in [9.17, 15) is 16.8 Å². The van der Waals surface area contributed by atoms with E-state index in [-0.39, 0.29) is 11.4 Å². The van der Waals surface area contributed by atoms with Gasteiger partial charge in [0.1, 0.15) is 11.4 Å². The molecule has 0 atom stereocenters. The van der Waals surface area contributed by atoms with Crippen molar-refractivity contribution in [2.24, 2.45) is 0 Å². The van der Waals surface area contributed by atoms with E-state index in [4.69, 9.17) is 4.42 Å². The highest BCUT2D eigenvalue weighted by molar-refractivity contribution is 7.92. The highest BCUT2D eigenvalue weighted by Crippen LogP contribution is 2.34. The molecule has 6 aromatic heterocycles. The zero-order chi connectivity index (χ0) is 25.2. The molecule has 0 aliphatic carbocycles. The fourth-order valence-corrected chi connectivity index (χ4v) is 6.43. The Kier molecular flexibility index (Phi) is 4.68. The topological polar surface area (TPSA) is 169 Å². The highest BCUT2D eigenvalue weighted by Gasteiger charge is 2.26. The zero-order valence-corrected chi connectivity index (χ0v) is 20.4. The Balaban J connectivity index is 1.54. The molecular formula is C22H17N7O5S2. The van der Waals surface area contributed by atoms with Crippen LogP contribution in [-0.2, 0) is 19.9 Å². The lowest BCUT2D eigenvalue weighted by atomic mass is 10.1. The molecule has 0 unspecified atom stereocenters. The van der Waals surface area contributed by atoms with Crippen molar-refractivity contribution in [2.45, 2.75) is 5.16 Å². The van der Waals surface area contributed by atoms with Crippen LogP contribution in [0.3, 0.4) is 0 Å². The van der Waals surface area contributed by atoms with E-state index in [1.165, 1.54) is 12.4 Å². The fourth-order valence-electron chi connectivity index (χ4n) is 4.15. The number of imidazole rings is 1. The van der Waals surface area contributed by atoms with Gasteiger partial charge in [0.25, 0.3) is 0 Å². The molecule has 14 heteroatoms. The van der Waals surface area contributed by atoms with E-state index in [0.717, 1.165) is 34.5 Å². The van der Waals surface area contributed by atoms with Gasteiger partial charge in [-0.1, -0.05) is 0 Å². The van der Waals surface area contributed by atoms with Crippen molar-refractivity contribution >= 4 is 41.7 Å². The molecule has 0 aliphatic heterocycles. The first-order valence-corrected chi connectivity index (χ1v) is 14.2. The minimum absolute atomic E-state index is 0.0232. The van der Waals surface area contributed by atoms with E-state index in [1.54, 1.807) is 31.0 Å². The van der Waals surface area contributed by atoms with Crippen molar-refractivity contribution in [3.8, 4) is 33.9 Å². The molecule has 6 aromatic rings. The summed E-state index contributed by atoms with van der Waals surface area (Å²) in [5, 5.41) is 8.34. The molecule has 0 saturated carbocycles. The number of hydrogen-bond donors (Lipinski definition) is 2. The van der Waals surface area contributed by atoms with Crippen LogP contribution in [0.1, 0.15) is 0 Å². The smallest absolute Gasteiger partial charge is 0.241 e. The highest BCUT2D eigenvalue weighted by atomic mass is 32.2. The Labute approximate surface area is 204 Å². The second kappa shape index (κ2) is 7.60. The Morgan fingerprint density at radius 2 is 1.78 bits per heavy atom. The van der Waals surface area contributed by atoms with Crippen LogP contribution in [0, 0.1) is 0 Å². The number of aromatic nitrogens is 7. The summed E-state index contributed by atoms with van der Waals surface area (Å²) in [4.78, 5) is 15.8. The van der Waals surface area contributed by atoms with E-state index >= 15 is 0 Å². The van der Waals surface area contributed by atoms with Gasteiger partial charge in [-0.05, 0) is 18.2 Å². The molecule has 0 saturated heterocycles.